The maximum Gasteiger partial charge on any atom is 0.331 e. The van der Waals surface area contributed by atoms with Gasteiger partial charge >= 0.3 is 5.97 Å². The number of amides is 1. The Morgan fingerprint density at radius 3 is 2.21 bits per heavy atom. The van der Waals surface area contributed by atoms with Crippen molar-refractivity contribution in [2.24, 2.45) is 0 Å². The Hall–Kier alpha value is -2.88. The van der Waals surface area contributed by atoms with Crippen LogP contribution in [0.1, 0.15) is 29.3 Å². The summed E-state index contributed by atoms with van der Waals surface area (Å²) in [6.07, 6.45) is 4.10. The highest BCUT2D eigenvalue weighted by atomic mass is 16.5. The maximum absolute atomic E-state index is 12.4. The van der Waals surface area contributed by atoms with Gasteiger partial charge in [-0.3, -0.25) is 4.79 Å². The van der Waals surface area contributed by atoms with Gasteiger partial charge in [0.2, 0.25) is 0 Å². The van der Waals surface area contributed by atoms with Crippen LogP contribution < -0.4 is 5.32 Å². The van der Waals surface area contributed by atoms with Gasteiger partial charge in [-0.05, 0) is 31.0 Å². The number of methoxy groups -OCH3 is 1. The molecule has 124 valence electrons. The second-order valence-corrected chi connectivity index (χ2v) is 5.66. The lowest BCUT2D eigenvalue weighted by Gasteiger charge is -2.26. The molecular formula is C20H21NO3. The summed E-state index contributed by atoms with van der Waals surface area (Å²) in [5, 5.41) is 2.78. The Balaban J connectivity index is 2.12. The molecule has 4 heteroatoms. The molecule has 24 heavy (non-hydrogen) atoms. The van der Waals surface area contributed by atoms with Gasteiger partial charge in [-0.2, -0.15) is 0 Å². The molecule has 2 aromatic carbocycles. The van der Waals surface area contributed by atoms with E-state index in [4.69, 9.17) is 4.74 Å². The maximum atomic E-state index is 12.4. The summed E-state index contributed by atoms with van der Waals surface area (Å²) >= 11 is 0. The molecule has 0 saturated carbocycles. The fourth-order valence-electron chi connectivity index (χ4n) is 2.32. The van der Waals surface area contributed by atoms with Crippen LogP contribution in [0.2, 0.25) is 0 Å². The van der Waals surface area contributed by atoms with E-state index in [1.807, 2.05) is 48.6 Å². The highest BCUT2D eigenvalue weighted by Gasteiger charge is 2.35. The quantitative estimate of drug-likeness (QED) is 0.828. The van der Waals surface area contributed by atoms with E-state index in [-0.39, 0.29) is 5.91 Å². The van der Waals surface area contributed by atoms with E-state index >= 15 is 0 Å². The van der Waals surface area contributed by atoms with Gasteiger partial charge in [0.05, 0.1) is 7.11 Å². The zero-order valence-corrected chi connectivity index (χ0v) is 13.9. The third-order valence-corrected chi connectivity index (χ3v) is 3.70. The summed E-state index contributed by atoms with van der Waals surface area (Å²) in [6.45, 7) is 1.66. The van der Waals surface area contributed by atoms with Gasteiger partial charge in [-0.1, -0.05) is 60.7 Å². The second-order valence-electron chi connectivity index (χ2n) is 5.66. The van der Waals surface area contributed by atoms with Crippen molar-refractivity contribution in [3.8, 4) is 0 Å². The summed E-state index contributed by atoms with van der Waals surface area (Å²) in [7, 11) is 1.32. The van der Waals surface area contributed by atoms with Crippen molar-refractivity contribution in [3.63, 3.8) is 0 Å². The average Bonchev–Trinajstić information content (AvgIpc) is 2.62. The molecule has 0 aliphatic rings. The molecule has 2 aromatic rings. The van der Waals surface area contributed by atoms with Crippen LogP contribution in [-0.4, -0.2) is 24.5 Å². The monoisotopic (exact) mass is 323 g/mol. The molecule has 2 rings (SSSR count). The predicted molar refractivity (Wildman–Crippen MR) is 94.4 cm³/mol. The van der Waals surface area contributed by atoms with Gasteiger partial charge in [-0.15, -0.1) is 0 Å². The van der Waals surface area contributed by atoms with E-state index in [0.29, 0.717) is 12.0 Å². The number of rotatable bonds is 6. The molecule has 0 radical (unpaired) electrons. The van der Waals surface area contributed by atoms with Crippen molar-refractivity contribution >= 4 is 18.0 Å². The number of carbonyl (C=O) groups is 2. The van der Waals surface area contributed by atoms with Crippen LogP contribution >= 0.6 is 0 Å². The van der Waals surface area contributed by atoms with Crippen molar-refractivity contribution in [2.75, 3.05) is 7.11 Å². The molecule has 0 heterocycles. The molecule has 0 aliphatic carbocycles. The first-order valence-corrected chi connectivity index (χ1v) is 7.73. The highest BCUT2D eigenvalue weighted by molar-refractivity contribution is 5.98. The van der Waals surface area contributed by atoms with E-state index in [9.17, 15) is 9.59 Å². The summed E-state index contributed by atoms with van der Waals surface area (Å²) in [5.41, 5.74) is 0.395. The molecule has 0 fully saturated rings. The summed E-state index contributed by atoms with van der Waals surface area (Å²) in [5.74, 6) is -0.791. The van der Waals surface area contributed by atoms with Crippen molar-refractivity contribution in [2.45, 2.75) is 18.9 Å². The molecule has 1 amide bonds. The van der Waals surface area contributed by atoms with E-state index in [2.05, 4.69) is 5.32 Å². The SMILES string of the molecule is COC(=O)[C@@](C)(C/C=C/c1ccccc1)NC(=O)c1ccccc1. The number of benzene rings is 2. The lowest BCUT2D eigenvalue weighted by atomic mass is 9.96. The lowest BCUT2D eigenvalue weighted by Crippen LogP contribution is -2.52. The summed E-state index contributed by atoms with van der Waals surface area (Å²) in [6, 6.07) is 18.5. The van der Waals surface area contributed by atoms with Crippen LogP contribution in [0.25, 0.3) is 6.08 Å². The van der Waals surface area contributed by atoms with Crippen LogP contribution in [0.5, 0.6) is 0 Å². The number of ether oxygens (including phenoxy) is 1. The van der Waals surface area contributed by atoms with E-state index in [0.717, 1.165) is 5.56 Å². The minimum atomic E-state index is -1.13. The Morgan fingerprint density at radius 1 is 1.04 bits per heavy atom. The minimum absolute atomic E-state index is 0.309. The zero-order chi connectivity index (χ0) is 17.4. The number of nitrogens with one attached hydrogen (secondary N) is 1. The molecule has 0 aliphatic heterocycles. The van der Waals surface area contributed by atoms with Gasteiger partial charge in [0, 0.05) is 5.56 Å². The fourth-order valence-corrected chi connectivity index (χ4v) is 2.32. The normalized spacial score (nSPS) is 13.2. The fraction of sp³-hybridized carbons (Fsp3) is 0.200. The smallest absolute Gasteiger partial charge is 0.331 e. The highest BCUT2D eigenvalue weighted by Crippen LogP contribution is 2.16. The molecule has 4 nitrogen and oxygen atoms in total. The Labute approximate surface area is 142 Å². The zero-order valence-electron chi connectivity index (χ0n) is 13.9. The first kappa shape index (κ1) is 17.5. The van der Waals surface area contributed by atoms with Gasteiger partial charge in [-0.25, -0.2) is 4.79 Å². The van der Waals surface area contributed by atoms with Gasteiger partial charge in [0.25, 0.3) is 5.91 Å². The summed E-state index contributed by atoms with van der Waals surface area (Å²) in [4.78, 5) is 24.5. The third kappa shape index (κ3) is 4.56. The van der Waals surface area contributed by atoms with Gasteiger partial charge < -0.3 is 10.1 Å². The van der Waals surface area contributed by atoms with E-state index in [1.165, 1.54) is 7.11 Å². The molecular weight excluding hydrogens is 302 g/mol. The molecule has 0 bridgehead atoms. The molecule has 0 aromatic heterocycles. The minimum Gasteiger partial charge on any atom is -0.467 e. The van der Waals surface area contributed by atoms with Crippen LogP contribution in [-0.2, 0) is 9.53 Å². The molecule has 0 unspecified atom stereocenters. The molecule has 0 spiro atoms. The average molecular weight is 323 g/mol. The number of carbonyl (C=O) groups excluding carboxylic acids is 2. The Bertz CT molecular complexity index is 710. The van der Waals surface area contributed by atoms with Crippen LogP contribution in [0.15, 0.2) is 66.7 Å². The van der Waals surface area contributed by atoms with Crippen molar-refractivity contribution < 1.29 is 14.3 Å². The van der Waals surface area contributed by atoms with Gasteiger partial charge in [0.15, 0.2) is 0 Å². The van der Waals surface area contributed by atoms with Crippen LogP contribution in [0, 0.1) is 0 Å². The second kappa shape index (κ2) is 8.11. The Kier molecular flexibility index (Phi) is 5.90. The predicted octanol–water partition coefficient (Wildman–Crippen LogP) is 3.45. The van der Waals surface area contributed by atoms with Crippen LogP contribution in [0.4, 0.5) is 0 Å². The van der Waals surface area contributed by atoms with E-state index < -0.39 is 11.5 Å². The van der Waals surface area contributed by atoms with Crippen LogP contribution in [0.3, 0.4) is 0 Å². The first-order valence-electron chi connectivity index (χ1n) is 7.73. The molecule has 1 atom stereocenters. The largest absolute Gasteiger partial charge is 0.467 e. The standard InChI is InChI=1S/C20H21NO3/c1-20(19(23)24-2,15-9-12-16-10-5-3-6-11-16)21-18(22)17-13-7-4-8-14-17/h3-14H,15H2,1-2H3,(H,21,22)/b12-9+/t20-/m1/s1. The van der Waals surface area contributed by atoms with Crippen molar-refractivity contribution in [3.05, 3.63) is 77.9 Å². The van der Waals surface area contributed by atoms with Crippen molar-refractivity contribution in [1.29, 1.82) is 0 Å². The lowest BCUT2D eigenvalue weighted by molar-refractivity contribution is -0.147. The van der Waals surface area contributed by atoms with Crippen molar-refractivity contribution in [1.82, 2.24) is 5.32 Å². The molecule has 1 N–H and O–H groups in total. The number of esters is 1. The number of hydrogen-bond donors (Lipinski definition) is 1. The van der Waals surface area contributed by atoms with E-state index in [1.54, 1.807) is 31.2 Å². The Morgan fingerprint density at radius 2 is 1.62 bits per heavy atom. The first-order chi connectivity index (χ1) is 11.5. The summed E-state index contributed by atoms with van der Waals surface area (Å²) < 4.78 is 4.87. The van der Waals surface area contributed by atoms with Gasteiger partial charge in [0.1, 0.15) is 5.54 Å². The third-order valence-electron chi connectivity index (χ3n) is 3.70. The number of hydrogen-bond acceptors (Lipinski definition) is 3. The topological polar surface area (TPSA) is 55.4 Å². The molecule has 0 saturated heterocycles.